The van der Waals surface area contributed by atoms with Crippen LogP contribution in [-0.4, -0.2) is 38.4 Å². The van der Waals surface area contributed by atoms with Crippen LogP contribution in [0.1, 0.15) is 20.3 Å². The largest absolute Gasteiger partial charge is 0.314 e. The molecule has 0 aromatic carbocycles. The van der Waals surface area contributed by atoms with Crippen LogP contribution in [-0.2, 0) is 10.0 Å². The molecule has 2 heterocycles. The Balaban J connectivity index is 2.23. The molecule has 1 aromatic heterocycles. The molecule has 102 valence electrons. The summed E-state index contributed by atoms with van der Waals surface area (Å²) in [6, 6.07) is 3.55. The van der Waals surface area contributed by atoms with Gasteiger partial charge in [0.25, 0.3) is 10.0 Å². The van der Waals surface area contributed by atoms with Gasteiger partial charge in [0.2, 0.25) is 0 Å². The van der Waals surface area contributed by atoms with E-state index in [9.17, 15) is 8.42 Å². The van der Waals surface area contributed by atoms with E-state index in [1.165, 1.54) is 11.3 Å². The molecule has 0 aliphatic carbocycles. The molecule has 4 nitrogen and oxygen atoms in total. The van der Waals surface area contributed by atoms with Gasteiger partial charge >= 0.3 is 0 Å². The molecule has 2 rings (SSSR count). The Morgan fingerprint density at radius 3 is 2.94 bits per heavy atom. The molecule has 1 aliphatic rings. The SMILES string of the molecule is CC(C)CC1CNCCN1S(=O)(=O)c1cccs1. The predicted molar refractivity (Wildman–Crippen MR) is 74.3 cm³/mol. The van der Waals surface area contributed by atoms with Crippen LogP contribution in [0.4, 0.5) is 0 Å². The number of sulfonamides is 1. The average Bonchev–Trinajstić information content (AvgIpc) is 2.82. The fourth-order valence-electron chi connectivity index (χ4n) is 2.33. The molecule has 1 saturated heterocycles. The zero-order chi connectivity index (χ0) is 13.2. The van der Waals surface area contributed by atoms with Crippen molar-refractivity contribution < 1.29 is 8.42 Å². The first-order chi connectivity index (χ1) is 8.51. The first-order valence-corrected chi connectivity index (χ1v) is 8.60. The van der Waals surface area contributed by atoms with Gasteiger partial charge < -0.3 is 5.32 Å². The average molecular weight is 288 g/mol. The second-order valence-corrected chi connectivity index (χ2v) is 8.10. The zero-order valence-electron chi connectivity index (χ0n) is 10.8. The predicted octanol–water partition coefficient (Wildman–Crippen LogP) is 1.76. The Morgan fingerprint density at radius 2 is 2.33 bits per heavy atom. The summed E-state index contributed by atoms with van der Waals surface area (Å²) in [7, 11) is -3.30. The smallest absolute Gasteiger partial charge is 0.252 e. The molecular weight excluding hydrogens is 268 g/mol. The molecule has 1 N–H and O–H groups in total. The molecule has 18 heavy (non-hydrogen) atoms. The fraction of sp³-hybridized carbons (Fsp3) is 0.667. The third kappa shape index (κ3) is 2.93. The van der Waals surface area contributed by atoms with Gasteiger partial charge in [0.1, 0.15) is 4.21 Å². The van der Waals surface area contributed by atoms with Gasteiger partial charge in [0.05, 0.1) is 0 Å². The highest BCUT2D eigenvalue weighted by Crippen LogP contribution is 2.25. The summed E-state index contributed by atoms with van der Waals surface area (Å²) < 4.78 is 27.2. The van der Waals surface area contributed by atoms with Gasteiger partial charge in [0.15, 0.2) is 0 Å². The van der Waals surface area contributed by atoms with E-state index in [1.807, 2.05) is 5.38 Å². The van der Waals surface area contributed by atoms with Crippen LogP contribution < -0.4 is 5.32 Å². The first-order valence-electron chi connectivity index (χ1n) is 6.28. The van der Waals surface area contributed by atoms with Gasteiger partial charge in [0, 0.05) is 25.7 Å². The Bertz CT molecular complexity index is 468. The topological polar surface area (TPSA) is 49.4 Å². The lowest BCUT2D eigenvalue weighted by Gasteiger charge is -2.35. The first kappa shape index (κ1) is 14.0. The summed E-state index contributed by atoms with van der Waals surface area (Å²) in [6.07, 6.45) is 0.900. The summed E-state index contributed by atoms with van der Waals surface area (Å²) >= 11 is 1.29. The maximum Gasteiger partial charge on any atom is 0.252 e. The van der Waals surface area contributed by atoms with Crippen LogP contribution in [0, 0.1) is 5.92 Å². The molecule has 0 amide bonds. The summed E-state index contributed by atoms with van der Waals surface area (Å²) in [5.41, 5.74) is 0. The van der Waals surface area contributed by atoms with Crippen molar-refractivity contribution in [3.8, 4) is 0 Å². The van der Waals surface area contributed by atoms with E-state index in [4.69, 9.17) is 0 Å². The third-order valence-corrected chi connectivity index (χ3v) is 6.42. The Kier molecular flexibility index (Phi) is 4.42. The van der Waals surface area contributed by atoms with E-state index in [2.05, 4.69) is 19.2 Å². The molecule has 1 aliphatic heterocycles. The van der Waals surface area contributed by atoms with Crippen molar-refractivity contribution in [3.63, 3.8) is 0 Å². The number of hydrogen-bond acceptors (Lipinski definition) is 4. The molecule has 1 aromatic rings. The second kappa shape index (κ2) is 5.69. The Hall–Kier alpha value is -0.430. The van der Waals surface area contributed by atoms with Crippen LogP contribution in [0.2, 0.25) is 0 Å². The Labute approximate surface area is 113 Å². The number of nitrogens with one attached hydrogen (secondary N) is 1. The van der Waals surface area contributed by atoms with Crippen molar-refractivity contribution in [2.75, 3.05) is 19.6 Å². The normalized spacial score (nSPS) is 22.5. The molecule has 0 radical (unpaired) electrons. The van der Waals surface area contributed by atoms with E-state index in [0.717, 1.165) is 19.5 Å². The van der Waals surface area contributed by atoms with E-state index < -0.39 is 10.0 Å². The van der Waals surface area contributed by atoms with E-state index in [-0.39, 0.29) is 6.04 Å². The number of hydrogen-bond donors (Lipinski definition) is 1. The lowest BCUT2D eigenvalue weighted by Crippen LogP contribution is -2.53. The van der Waals surface area contributed by atoms with Gasteiger partial charge in [-0.25, -0.2) is 8.42 Å². The summed E-state index contributed by atoms with van der Waals surface area (Å²) in [4.78, 5) is 0. The maximum absolute atomic E-state index is 12.5. The minimum atomic E-state index is -3.30. The fourth-order valence-corrected chi connectivity index (χ4v) is 5.08. The van der Waals surface area contributed by atoms with Gasteiger partial charge in [-0.1, -0.05) is 19.9 Å². The summed E-state index contributed by atoms with van der Waals surface area (Å²) in [6.45, 7) is 6.31. The van der Waals surface area contributed by atoms with Crippen molar-refractivity contribution in [1.82, 2.24) is 9.62 Å². The molecule has 0 spiro atoms. The number of nitrogens with zero attached hydrogens (tertiary/aromatic N) is 1. The van der Waals surface area contributed by atoms with Crippen LogP contribution in [0.15, 0.2) is 21.7 Å². The zero-order valence-corrected chi connectivity index (χ0v) is 12.4. The van der Waals surface area contributed by atoms with Crippen LogP contribution >= 0.6 is 11.3 Å². The molecular formula is C12H20N2O2S2. The lowest BCUT2D eigenvalue weighted by molar-refractivity contribution is 0.238. The minimum Gasteiger partial charge on any atom is -0.314 e. The quantitative estimate of drug-likeness (QED) is 0.918. The number of piperazine rings is 1. The molecule has 6 heteroatoms. The lowest BCUT2D eigenvalue weighted by atomic mass is 10.0. The highest BCUT2D eigenvalue weighted by molar-refractivity contribution is 7.91. The monoisotopic (exact) mass is 288 g/mol. The van der Waals surface area contributed by atoms with Crippen molar-refractivity contribution in [3.05, 3.63) is 17.5 Å². The summed E-state index contributed by atoms with van der Waals surface area (Å²) in [5.74, 6) is 0.496. The van der Waals surface area contributed by atoms with Crippen molar-refractivity contribution in [2.45, 2.75) is 30.5 Å². The molecule has 0 saturated carbocycles. The van der Waals surface area contributed by atoms with Crippen LogP contribution in [0.3, 0.4) is 0 Å². The third-order valence-electron chi connectivity index (χ3n) is 3.10. The highest BCUT2D eigenvalue weighted by Gasteiger charge is 2.34. The van der Waals surface area contributed by atoms with Crippen molar-refractivity contribution >= 4 is 21.4 Å². The van der Waals surface area contributed by atoms with E-state index >= 15 is 0 Å². The second-order valence-electron chi connectivity index (χ2n) is 5.04. The van der Waals surface area contributed by atoms with Crippen molar-refractivity contribution in [2.24, 2.45) is 5.92 Å². The van der Waals surface area contributed by atoms with Crippen LogP contribution in [0.5, 0.6) is 0 Å². The maximum atomic E-state index is 12.5. The standard InChI is InChI=1S/C12H20N2O2S2/c1-10(2)8-11-9-13-5-6-14(11)18(15,16)12-4-3-7-17-12/h3-4,7,10-11,13H,5-6,8-9H2,1-2H3. The minimum absolute atomic E-state index is 0.0749. The van der Waals surface area contributed by atoms with Gasteiger partial charge in [-0.3, -0.25) is 0 Å². The Morgan fingerprint density at radius 1 is 1.56 bits per heavy atom. The highest BCUT2D eigenvalue weighted by atomic mass is 32.2. The van der Waals surface area contributed by atoms with E-state index in [1.54, 1.807) is 16.4 Å². The van der Waals surface area contributed by atoms with E-state index in [0.29, 0.717) is 16.7 Å². The van der Waals surface area contributed by atoms with Crippen LogP contribution in [0.25, 0.3) is 0 Å². The van der Waals surface area contributed by atoms with Gasteiger partial charge in [-0.2, -0.15) is 4.31 Å². The van der Waals surface area contributed by atoms with Gasteiger partial charge in [-0.15, -0.1) is 11.3 Å². The van der Waals surface area contributed by atoms with Crippen molar-refractivity contribution in [1.29, 1.82) is 0 Å². The number of rotatable bonds is 4. The molecule has 0 bridgehead atoms. The molecule has 1 unspecified atom stereocenters. The number of thiophene rings is 1. The molecule has 1 fully saturated rings. The van der Waals surface area contributed by atoms with Gasteiger partial charge in [-0.05, 0) is 23.8 Å². The molecule has 1 atom stereocenters. The summed E-state index contributed by atoms with van der Waals surface area (Å²) in [5, 5.41) is 5.10.